The Balaban J connectivity index is 2.15. The van der Waals surface area contributed by atoms with E-state index in [9.17, 15) is 0 Å². The molecule has 0 amide bonds. The normalized spacial score (nSPS) is 24.0. The van der Waals surface area contributed by atoms with E-state index in [1.165, 1.54) is 0 Å². The van der Waals surface area contributed by atoms with Crippen LogP contribution in [-0.4, -0.2) is 17.2 Å². The van der Waals surface area contributed by atoms with Crippen LogP contribution in [0.4, 0.5) is 0 Å². The van der Waals surface area contributed by atoms with Crippen LogP contribution in [0.3, 0.4) is 0 Å². The third kappa shape index (κ3) is 1.99. The predicted octanol–water partition coefficient (Wildman–Crippen LogP) is 0.895. The highest BCUT2D eigenvalue weighted by molar-refractivity contribution is 6.41. The molecule has 1 rings (SSSR count). The molecule has 1 aliphatic carbocycles. The molecule has 0 aliphatic heterocycles. The fourth-order valence-electron chi connectivity index (χ4n) is 1.97. The largest absolute Gasteiger partial charge is 0.451 e. The Labute approximate surface area is 62.4 Å². The average molecular weight is 142 g/mol. The van der Waals surface area contributed by atoms with Gasteiger partial charge in [0.15, 0.2) is 0 Å². The molecule has 0 atom stereocenters. The predicted molar refractivity (Wildman–Crippen MR) is 41.5 cm³/mol. The van der Waals surface area contributed by atoms with Crippen LogP contribution >= 0.6 is 0 Å². The summed E-state index contributed by atoms with van der Waals surface area (Å²) in [4.78, 5) is 0. The molecule has 10 heavy (non-hydrogen) atoms. The molecule has 1 aliphatic rings. The van der Waals surface area contributed by atoms with E-state index >= 15 is 0 Å². The summed E-state index contributed by atoms with van der Waals surface area (Å²) in [5, 5.41) is 17.2. The summed E-state index contributed by atoms with van der Waals surface area (Å²) in [7, 11) is -1.10. The smallest absolute Gasteiger partial charge is 0.427 e. The topological polar surface area (TPSA) is 40.5 Å². The summed E-state index contributed by atoms with van der Waals surface area (Å²) in [6.45, 7) is 4.43. The Morgan fingerprint density at radius 1 is 1.40 bits per heavy atom. The van der Waals surface area contributed by atoms with E-state index in [1.54, 1.807) is 0 Å². The van der Waals surface area contributed by atoms with Crippen molar-refractivity contribution in [3.05, 3.63) is 0 Å². The van der Waals surface area contributed by atoms with Crippen molar-refractivity contribution in [3.8, 4) is 0 Å². The zero-order valence-corrected chi connectivity index (χ0v) is 6.67. The summed E-state index contributed by atoms with van der Waals surface area (Å²) in [6.07, 6.45) is 2.85. The molecule has 0 unspecified atom stereocenters. The van der Waals surface area contributed by atoms with Crippen LogP contribution < -0.4 is 0 Å². The lowest BCUT2D eigenvalue weighted by Gasteiger charge is -2.42. The van der Waals surface area contributed by atoms with Gasteiger partial charge in [0.25, 0.3) is 0 Å². The van der Waals surface area contributed by atoms with Crippen LogP contribution in [0.2, 0.25) is 6.32 Å². The minimum absolute atomic E-state index is 0.458. The standard InChI is InChI=1S/C7H15BO2/c1-7(2)3-6(4-7)5-8(9)10/h6,9-10H,3-5H2,1-2H3. The van der Waals surface area contributed by atoms with E-state index in [1.807, 2.05) is 0 Å². The van der Waals surface area contributed by atoms with Crippen molar-refractivity contribution in [1.82, 2.24) is 0 Å². The number of rotatable bonds is 2. The molecule has 0 saturated heterocycles. The molecule has 0 aromatic rings. The van der Waals surface area contributed by atoms with Gasteiger partial charge in [0.05, 0.1) is 0 Å². The summed E-state index contributed by atoms with van der Waals surface area (Å²) in [6, 6.07) is 0. The first kappa shape index (κ1) is 8.09. The lowest BCUT2D eigenvalue weighted by molar-refractivity contribution is 0.105. The number of hydrogen-bond acceptors (Lipinski definition) is 2. The zero-order valence-electron chi connectivity index (χ0n) is 6.67. The Morgan fingerprint density at radius 2 is 1.90 bits per heavy atom. The molecule has 0 heterocycles. The van der Waals surface area contributed by atoms with Gasteiger partial charge in [0.2, 0.25) is 0 Å². The summed E-state index contributed by atoms with van der Waals surface area (Å²) in [5.41, 5.74) is 0.458. The van der Waals surface area contributed by atoms with E-state index in [2.05, 4.69) is 13.8 Å². The monoisotopic (exact) mass is 142 g/mol. The lowest BCUT2D eigenvalue weighted by Crippen LogP contribution is -2.34. The van der Waals surface area contributed by atoms with Crippen molar-refractivity contribution in [1.29, 1.82) is 0 Å². The highest BCUT2D eigenvalue weighted by Crippen LogP contribution is 2.46. The fourth-order valence-corrected chi connectivity index (χ4v) is 1.97. The second-order valence-electron chi connectivity index (χ2n) is 4.15. The van der Waals surface area contributed by atoms with Crippen molar-refractivity contribution < 1.29 is 10.0 Å². The molecule has 2 N–H and O–H groups in total. The summed E-state index contributed by atoms with van der Waals surface area (Å²) >= 11 is 0. The van der Waals surface area contributed by atoms with Gasteiger partial charge in [-0.15, -0.1) is 0 Å². The van der Waals surface area contributed by atoms with Crippen molar-refractivity contribution in [3.63, 3.8) is 0 Å². The van der Waals surface area contributed by atoms with Gasteiger partial charge >= 0.3 is 7.12 Å². The van der Waals surface area contributed by atoms with Gasteiger partial charge < -0.3 is 10.0 Å². The van der Waals surface area contributed by atoms with Gasteiger partial charge in [-0.1, -0.05) is 13.8 Å². The van der Waals surface area contributed by atoms with Crippen LogP contribution in [0.15, 0.2) is 0 Å². The molecular weight excluding hydrogens is 127 g/mol. The van der Waals surface area contributed by atoms with E-state index in [0.717, 1.165) is 12.8 Å². The second kappa shape index (κ2) is 2.55. The molecule has 0 aromatic carbocycles. The van der Waals surface area contributed by atoms with E-state index in [0.29, 0.717) is 17.7 Å². The lowest BCUT2D eigenvalue weighted by atomic mass is 9.58. The van der Waals surface area contributed by atoms with Gasteiger partial charge in [0, 0.05) is 0 Å². The molecule has 1 saturated carbocycles. The van der Waals surface area contributed by atoms with Crippen LogP contribution in [0.5, 0.6) is 0 Å². The van der Waals surface area contributed by atoms with Crippen LogP contribution in [-0.2, 0) is 0 Å². The Hall–Kier alpha value is -0.0151. The molecule has 0 bridgehead atoms. The number of hydrogen-bond donors (Lipinski definition) is 2. The van der Waals surface area contributed by atoms with Gasteiger partial charge in [-0.3, -0.25) is 0 Å². The quantitative estimate of drug-likeness (QED) is 0.562. The maximum atomic E-state index is 8.61. The van der Waals surface area contributed by atoms with Crippen LogP contribution in [0.25, 0.3) is 0 Å². The highest BCUT2D eigenvalue weighted by Gasteiger charge is 2.37. The molecular formula is C7H15BO2. The third-order valence-corrected chi connectivity index (χ3v) is 2.23. The van der Waals surface area contributed by atoms with Crippen molar-refractivity contribution >= 4 is 7.12 Å². The van der Waals surface area contributed by atoms with Crippen molar-refractivity contribution in [2.75, 3.05) is 0 Å². The second-order valence-corrected chi connectivity index (χ2v) is 4.15. The van der Waals surface area contributed by atoms with Crippen molar-refractivity contribution in [2.24, 2.45) is 11.3 Å². The molecule has 3 heteroatoms. The Bertz CT molecular complexity index is 112. The highest BCUT2D eigenvalue weighted by atomic mass is 16.4. The van der Waals surface area contributed by atoms with Crippen molar-refractivity contribution in [2.45, 2.75) is 33.0 Å². The van der Waals surface area contributed by atoms with E-state index in [4.69, 9.17) is 10.0 Å². The average Bonchev–Trinajstić information content (AvgIpc) is 1.57. The molecule has 1 fully saturated rings. The minimum atomic E-state index is -1.10. The Kier molecular flexibility index (Phi) is 2.06. The minimum Gasteiger partial charge on any atom is -0.427 e. The van der Waals surface area contributed by atoms with Gasteiger partial charge in [-0.05, 0) is 30.5 Å². The molecule has 0 radical (unpaired) electrons. The Morgan fingerprint density at radius 3 is 2.20 bits per heavy atom. The maximum absolute atomic E-state index is 8.61. The SMILES string of the molecule is CC1(C)CC(CB(O)O)C1. The maximum Gasteiger partial charge on any atom is 0.451 e. The first-order valence-corrected chi connectivity index (χ1v) is 3.86. The van der Waals surface area contributed by atoms with Gasteiger partial charge in [-0.25, -0.2) is 0 Å². The molecule has 0 spiro atoms. The van der Waals surface area contributed by atoms with Gasteiger partial charge in [-0.2, -0.15) is 0 Å². The van der Waals surface area contributed by atoms with Crippen LogP contribution in [0, 0.1) is 11.3 Å². The fraction of sp³-hybridized carbons (Fsp3) is 1.00. The molecule has 58 valence electrons. The first-order chi connectivity index (χ1) is 4.49. The van der Waals surface area contributed by atoms with Gasteiger partial charge in [0.1, 0.15) is 0 Å². The zero-order chi connectivity index (χ0) is 7.78. The van der Waals surface area contributed by atoms with E-state index in [-0.39, 0.29) is 0 Å². The summed E-state index contributed by atoms with van der Waals surface area (Å²) < 4.78 is 0. The molecule has 2 nitrogen and oxygen atoms in total. The van der Waals surface area contributed by atoms with E-state index < -0.39 is 7.12 Å². The third-order valence-electron chi connectivity index (χ3n) is 2.23. The van der Waals surface area contributed by atoms with Crippen LogP contribution in [0.1, 0.15) is 26.7 Å². The summed E-state index contributed by atoms with van der Waals surface area (Å²) in [5.74, 6) is 0.551. The molecule has 0 aromatic heterocycles. The first-order valence-electron chi connectivity index (χ1n) is 3.86.